The molecule has 0 aromatic heterocycles. The highest BCUT2D eigenvalue weighted by atomic mass is 16.5. The van der Waals surface area contributed by atoms with E-state index < -0.39 is 6.10 Å². The van der Waals surface area contributed by atoms with Gasteiger partial charge in [-0.15, -0.1) is 118 Å². The summed E-state index contributed by atoms with van der Waals surface area (Å²) in [7, 11) is 0. The van der Waals surface area contributed by atoms with Crippen LogP contribution in [-0.2, 0) is 9.47 Å². The van der Waals surface area contributed by atoms with Gasteiger partial charge in [0.25, 0.3) is 0 Å². The third-order valence-electron chi connectivity index (χ3n) is 1.59. The van der Waals surface area contributed by atoms with Crippen LogP contribution in [0.15, 0.2) is 118 Å². The van der Waals surface area contributed by atoms with E-state index in [-0.39, 0.29) is 32.0 Å². The van der Waals surface area contributed by atoms with Crippen LogP contribution >= 0.6 is 0 Å². The van der Waals surface area contributed by atoms with Crippen molar-refractivity contribution in [2.75, 3.05) is 33.0 Å². The summed E-state index contributed by atoms with van der Waals surface area (Å²) < 4.78 is 10.5. The first kappa shape index (κ1) is 69.8. The van der Waals surface area contributed by atoms with Crippen molar-refractivity contribution in [2.45, 2.75) is 39.1 Å². The molecule has 0 saturated heterocycles. The molecule has 3 atom stereocenters. The molecule has 0 aromatic carbocycles. The van der Waals surface area contributed by atoms with Crippen molar-refractivity contribution in [3.05, 3.63) is 118 Å². The highest BCUT2D eigenvalue weighted by molar-refractivity contribution is 4.53. The fraction of sp³-hybridized carbons (Fsp3) is 0.379. The van der Waals surface area contributed by atoms with Gasteiger partial charge < -0.3 is 29.9 Å². The van der Waals surface area contributed by atoms with Gasteiger partial charge in [0, 0.05) is 0 Å². The Labute approximate surface area is 220 Å². The van der Waals surface area contributed by atoms with Gasteiger partial charge in [0.1, 0.15) is 0 Å². The number of hydrogen-bond donors (Lipinski definition) is 4. The number of hydrogen-bond acceptors (Lipinski definition) is 6. The van der Waals surface area contributed by atoms with Gasteiger partial charge in [-0.1, -0.05) is 0 Å². The summed E-state index contributed by atoms with van der Waals surface area (Å²) in [6.45, 7) is 59.9. The molecule has 0 saturated carbocycles. The third-order valence-corrected chi connectivity index (χ3v) is 1.59. The Hall–Kier alpha value is -2.58. The Morgan fingerprint density at radius 1 is 0.457 bits per heavy atom. The molecule has 6 nitrogen and oxygen atoms in total. The Bertz CT molecular complexity index is 223. The minimum absolute atomic E-state index is 0.0170. The number of ether oxygens (including phenoxy) is 2. The maximum Gasteiger partial charge on any atom is 0.0781 e. The van der Waals surface area contributed by atoms with Crippen LogP contribution in [0.1, 0.15) is 20.8 Å². The highest BCUT2D eigenvalue weighted by Gasteiger charge is 2.06. The van der Waals surface area contributed by atoms with E-state index in [1.165, 1.54) is 0 Å². The quantitative estimate of drug-likeness (QED) is 0.286. The van der Waals surface area contributed by atoms with Crippen molar-refractivity contribution in [3.8, 4) is 0 Å². The predicted molar refractivity (Wildman–Crippen MR) is 165 cm³/mol. The molecule has 0 spiro atoms. The number of rotatable bonds is 8. The van der Waals surface area contributed by atoms with Crippen LogP contribution in [0.2, 0.25) is 0 Å². The monoisotopic (exact) mass is 506 g/mol. The lowest BCUT2D eigenvalue weighted by Gasteiger charge is -2.16. The molecule has 35 heavy (non-hydrogen) atoms. The molecule has 0 aliphatic carbocycles. The Kier molecular flexibility index (Phi) is 322. The number of aliphatic hydroxyl groups is 4. The summed E-state index contributed by atoms with van der Waals surface area (Å²) in [5.74, 6) is 0. The summed E-state index contributed by atoms with van der Waals surface area (Å²) in [5.41, 5.74) is 0. The first-order valence-corrected chi connectivity index (χ1v) is 10.2. The lowest BCUT2D eigenvalue weighted by atomic mass is 10.4. The van der Waals surface area contributed by atoms with E-state index in [4.69, 9.17) is 29.9 Å². The van der Waals surface area contributed by atoms with Crippen LogP contribution in [0.5, 0.6) is 0 Å². The summed E-state index contributed by atoms with van der Waals surface area (Å²) >= 11 is 0. The lowest BCUT2D eigenvalue weighted by molar-refractivity contribution is -0.0620. The molecular formula is C29H62O6. The van der Waals surface area contributed by atoms with E-state index in [9.17, 15) is 0 Å². The molecular weight excluding hydrogens is 444 g/mol. The second-order valence-electron chi connectivity index (χ2n) is 3.77. The van der Waals surface area contributed by atoms with Crippen LogP contribution in [0.4, 0.5) is 0 Å². The molecule has 0 amide bonds. The van der Waals surface area contributed by atoms with Crippen molar-refractivity contribution < 1.29 is 29.9 Å². The van der Waals surface area contributed by atoms with E-state index in [1.807, 2.05) is 6.92 Å². The van der Waals surface area contributed by atoms with Gasteiger partial charge in [-0.25, -0.2) is 0 Å². The van der Waals surface area contributed by atoms with E-state index in [0.717, 1.165) is 0 Å². The maximum atomic E-state index is 8.92. The van der Waals surface area contributed by atoms with Crippen LogP contribution in [0, 0.1) is 0 Å². The molecule has 0 bridgehead atoms. The van der Waals surface area contributed by atoms with Gasteiger partial charge in [0.2, 0.25) is 0 Å². The summed E-state index contributed by atoms with van der Waals surface area (Å²) in [5, 5.41) is 32.8. The minimum atomic E-state index is -0.447. The summed E-state index contributed by atoms with van der Waals surface area (Å²) in [6, 6.07) is 0. The van der Waals surface area contributed by atoms with Crippen molar-refractivity contribution in [1.29, 1.82) is 0 Å². The second kappa shape index (κ2) is 161. The molecule has 0 fully saturated rings. The van der Waals surface area contributed by atoms with Gasteiger partial charge in [0.05, 0.1) is 51.3 Å². The topological polar surface area (TPSA) is 99.4 Å². The fourth-order valence-corrected chi connectivity index (χ4v) is 0.704. The second-order valence-corrected chi connectivity index (χ2v) is 3.77. The first-order chi connectivity index (χ1) is 17.0. The molecule has 0 aliphatic heterocycles. The van der Waals surface area contributed by atoms with E-state index in [0.29, 0.717) is 13.2 Å². The molecule has 6 heteroatoms. The maximum absolute atomic E-state index is 8.92. The zero-order valence-corrected chi connectivity index (χ0v) is 23.6. The van der Waals surface area contributed by atoms with Crippen molar-refractivity contribution in [2.24, 2.45) is 0 Å². The Morgan fingerprint density at radius 3 is 0.857 bits per heavy atom. The SMILES string of the molecule is C=C.C=C.C=C.C=C.C=C.C=C.C=C.C=C.C=C.CC(O)COC(C)COC(C)CO.OCCO. The third kappa shape index (κ3) is 250. The molecule has 4 N–H and O–H groups in total. The average molecular weight is 507 g/mol. The lowest BCUT2D eigenvalue weighted by Crippen LogP contribution is -2.24. The van der Waals surface area contributed by atoms with Crippen molar-refractivity contribution >= 4 is 0 Å². The minimum Gasteiger partial charge on any atom is -0.394 e. The first-order valence-electron chi connectivity index (χ1n) is 10.2. The number of aliphatic hydroxyl groups excluding tert-OH is 4. The molecule has 0 rings (SSSR count). The molecule has 0 radical (unpaired) electrons. The zero-order valence-electron chi connectivity index (χ0n) is 23.6. The Balaban J connectivity index is -0.0000000244. The molecule has 0 aliphatic rings. The molecule has 0 aromatic rings. The molecule has 0 heterocycles. The van der Waals surface area contributed by atoms with E-state index in [2.05, 4.69) is 118 Å². The zero-order chi connectivity index (χ0) is 31.7. The Morgan fingerprint density at radius 2 is 0.686 bits per heavy atom. The molecule has 3 unspecified atom stereocenters. The van der Waals surface area contributed by atoms with Crippen LogP contribution < -0.4 is 0 Å². The predicted octanol–water partition coefficient (Wildman–Crippen LogP) is 6.36. The smallest absolute Gasteiger partial charge is 0.0781 e. The van der Waals surface area contributed by atoms with Gasteiger partial charge in [0.15, 0.2) is 0 Å². The molecule has 214 valence electrons. The largest absolute Gasteiger partial charge is 0.394 e. The van der Waals surface area contributed by atoms with Crippen molar-refractivity contribution in [3.63, 3.8) is 0 Å². The van der Waals surface area contributed by atoms with Gasteiger partial charge in [-0.2, -0.15) is 0 Å². The summed E-state index contributed by atoms with van der Waals surface area (Å²) in [6.07, 6.45) is -0.654. The van der Waals surface area contributed by atoms with Crippen LogP contribution in [0.25, 0.3) is 0 Å². The van der Waals surface area contributed by atoms with Crippen LogP contribution in [-0.4, -0.2) is 71.8 Å². The van der Waals surface area contributed by atoms with Crippen molar-refractivity contribution in [1.82, 2.24) is 0 Å². The van der Waals surface area contributed by atoms with Gasteiger partial charge in [-0.05, 0) is 20.8 Å². The normalized spacial score (nSPS) is 8.66. The van der Waals surface area contributed by atoms with E-state index >= 15 is 0 Å². The fourth-order valence-electron chi connectivity index (χ4n) is 0.704. The van der Waals surface area contributed by atoms with Crippen LogP contribution in [0.3, 0.4) is 0 Å². The van der Waals surface area contributed by atoms with Gasteiger partial charge >= 0.3 is 0 Å². The summed E-state index contributed by atoms with van der Waals surface area (Å²) in [4.78, 5) is 0. The van der Waals surface area contributed by atoms with Gasteiger partial charge in [-0.3, -0.25) is 0 Å². The van der Waals surface area contributed by atoms with E-state index in [1.54, 1.807) is 13.8 Å². The highest BCUT2D eigenvalue weighted by Crippen LogP contribution is 1.97. The average Bonchev–Trinajstić information content (AvgIpc) is 3.00. The standard InChI is InChI=1S/C9H20O4.C2H6O2.9C2H4/c1-7(11)5-12-9(3)6-13-8(2)4-10;3-1-2-4;9*1-2/h7-11H,4-6H2,1-3H3;3-4H,1-2H2;9*1-2H2.